The zero-order valence-electron chi connectivity index (χ0n) is 8.92. The Balaban J connectivity index is 0.000000711. The van der Waals surface area contributed by atoms with E-state index in [1.165, 1.54) is 0 Å². The fraction of sp³-hybridized carbons (Fsp3) is 0.250. The quantitative estimate of drug-likeness (QED) is 0.156. The van der Waals surface area contributed by atoms with Gasteiger partial charge in [0.2, 0.25) is 0 Å². The molecule has 6 N–H and O–H groups in total. The van der Waals surface area contributed by atoms with Gasteiger partial charge in [0.15, 0.2) is 5.96 Å². The smallest absolute Gasteiger partial charge is 0.370 e. The van der Waals surface area contributed by atoms with Gasteiger partial charge in [-0.2, -0.15) is 0 Å². The van der Waals surface area contributed by atoms with Crippen LogP contribution in [0.4, 0.5) is 5.82 Å². The van der Waals surface area contributed by atoms with Gasteiger partial charge in [0, 0.05) is 0 Å². The lowest BCUT2D eigenvalue weighted by Crippen LogP contribution is -2.21. The Morgan fingerprint density at radius 3 is 1.89 bits per heavy atom. The molecule has 15 heteroatoms. The first-order valence-electron chi connectivity index (χ1n) is 4.10. The van der Waals surface area contributed by atoms with E-state index in [4.69, 9.17) is 5.41 Å². The Hall–Kier alpha value is -3.39. The molecule has 0 bridgehead atoms. The molecule has 0 atom stereocenters. The highest BCUT2D eigenvalue weighted by Gasteiger charge is 2.45. The Bertz CT molecular complexity index is 491. The maximum absolute atomic E-state index is 10.3. The minimum absolute atomic E-state index is 0.333. The molecule has 1 rings (SSSR count). The molecule has 19 heavy (non-hydrogen) atoms. The van der Waals surface area contributed by atoms with Crippen molar-refractivity contribution in [1.82, 2.24) is 15.4 Å². The zero-order chi connectivity index (χ0) is 15.2. The normalized spacial score (nSPS) is 9.32. The van der Waals surface area contributed by atoms with Gasteiger partial charge in [-0.15, -0.1) is 10.3 Å². The van der Waals surface area contributed by atoms with Crippen LogP contribution in [0.3, 0.4) is 0 Å². The van der Waals surface area contributed by atoms with E-state index in [2.05, 4.69) is 21.7 Å². The number of hydrogen-bond donors (Lipinski definition) is 4. The average Bonchev–Trinajstić information content (AvgIpc) is 2.63. The van der Waals surface area contributed by atoms with Crippen molar-refractivity contribution in [2.75, 3.05) is 0 Å². The highest BCUT2D eigenvalue weighted by Crippen LogP contribution is 2.22. The Kier molecular flexibility index (Phi) is 5.23. The van der Waals surface area contributed by atoms with E-state index in [1.807, 2.05) is 0 Å². The van der Waals surface area contributed by atoms with Gasteiger partial charge in [-0.05, 0) is 4.92 Å². The number of H-pyrrole nitrogens is 1. The summed E-state index contributed by atoms with van der Waals surface area (Å²) in [5.74, 6) is -1.37. The number of aromatic amines is 1. The summed E-state index contributed by atoms with van der Waals surface area (Å²) in [7, 11) is 0. The third-order valence-electron chi connectivity index (χ3n) is 1.37. The minimum atomic E-state index is -2.50. The molecule has 0 amide bonds. The maximum Gasteiger partial charge on any atom is 0.503 e. The molecule has 0 aliphatic carbocycles. The molecule has 0 saturated heterocycles. The average molecular weight is 277 g/mol. The van der Waals surface area contributed by atoms with Gasteiger partial charge in [-0.3, -0.25) is 25.6 Å². The van der Waals surface area contributed by atoms with Crippen LogP contribution < -0.4 is 11.5 Å². The first-order chi connectivity index (χ1) is 8.68. The van der Waals surface area contributed by atoms with Crippen LogP contribution in [0.2, 0.25) is 0 Å². The molecule has 0 aliphatic heterocycles. The molecule has 0 radical (unpaired) electrons. The van der Waals surface area contributed by atoms with Crippen molar-refractivity contribution in [1.29, 1.82) is 5.41 Å². The molecule has 1 aromatic rings. The number of nitrogens with zero attached hydrogens (tertiary/aromatic N) is 5. The van der Waals surface area contributed by atoms with Crippen LogP contribution in [-0.4, -0.2) is 36.1 Å². The van der Waals surface area contributed by atoms with Crippen LogP contribution in [0.5, 0.6) is 0 Å². The van der Waals surface area contributed by atoms with Crippen molar-refractivity contribution in [2.45, 2.75) is 6.17 Å². The summed E-state index contributed by atoms with van der Waals surface area (Å²) < 4.78 is 0. The molecular formula is C4H7N9O6. The number of nitro groups is 3. The SMILES string of the molecule is N=C(N)N.O=[N+]([O-])c1n[nH]nc1C([N+](=O)[O-])[N+](=O)[O-]. The predicted molar refractivity (Wildman–Crippen MR) is 55.9 cm³/mol. The van der Waals surface area contributed by atoms with Crippen molar-refractivity contribution in [2.24, 2.45) is 11.5 Å². The summed E-state index contributed by atoms with van der Waals surface area (Å²) in [5, 5.41) is 44.6. The number of aromatic nitrogens is 3. The van der Waals surface area contributed by atoms with E-state index in [0.717, 1.165) is 0 Å². The molecular weight excluding hydrogens is 270 g/mol. The number of nitrogens with two attached hydrogens (primary N) is 2. The Labute approximate surface area is 102 Å². The third kappa shape index (κ3) is 4.54. The standard InChI is InChI=1S/C3H2N6O6.CH5N3/c10-7(11)2-1(4-6-5-2)3(8(12)13)9(14)15;2-1(3)4/h3H,(H,4,5,6);(H5,2,3,4). The van der Waals surface area contributed by atoms with Gasteiger partial charge >= 0.3 is 17.7 Å². The van der Waals surface area contributed by atoms with Crippen LogP contribution in [0.1, 0.15) is 11.9 Å². The molecule has 0 spiro atoms. The van der Waals surface area contributed by atoms with E-state index < -0.39 is 32.4 Å². The van der Waals surface area contributed by atoms with E-state index in [-0.39, 0.29) is 5.96 Å². The molecule has 1 heterocycles. The predicted octanol–water partition coefficient (Wildman–Crippen LogP) is -1.90. The number of hydrogen-bond acceptors (Lipinski definition) is 9. The first-order valence-corrected chi connectivity index (χ1v) is 4.10. The topological polar surface area (TPSA) is 247 Å². The third-order valence-corrected chi connectivity index (χ3v) is 1.37. The second kappa shape index (κ2) is 6.37. The van der Waals surface area contributed by atoms with Crippen molar-refractivity contribution < 1.29 is 14.8 Å². The van der Waals surface area contributed by atoms with Gasteiger partial charge in [0.05, 0.1) is 5.10 Å². The monoisotopic (exact) mass is 277 g/mol. The van der Waals surface area contributed by atoms with Crippen LogP contribution >= 0.6 is 0 Å². The van der Waals surface area contributed by atoms with Gasteiger partial charge in [-0.25, -0.2) is 0 Å². The fourth-order valence-corrected chi connectivity index (χ4v) is 0.818. The number of guanidine groups is 1. The van der Waals surface area contributed by atoms with Crippen LogP contribution in [0.25, 0.3) is 0 Å². The Morgan fingerprint density at radius 2 is 1.58 bits per heavy atom. The summed E-state index contributed by atoms with van der Waals surface area (Å²) in [6, 6.07) is 0. The first kappa shape index (κ1) is 15.6. The summed E-state index contributed by atoms with van der Waals surface area (Å²) >= 11 is 0. The lowest BCUT2D eigenvalue weighted by molar-refractivity contribution is -0.753. The van der Waals surface area contributed by atoms with E-state index >= 15 is 0 Å². The molecule has 0 aliphatic rings. The molecule has 0 aromatic carbocycles. The second-order valence-electron chi connectivity index (χ2n) is 2.69. The molecule has 0 saturated carbocycles. The van der Waals surface area contributed by atoms with Crippen LogP contribution in [-0.2, 0) is 0 Å². The van der Waals surface area contributed by atoms with Gasteiger partial charge < -0.3 is 21.6 Å². The summed E-state index contributed by atoms with van der Waals surface area (Å²) in [6.45, 7) is 0. The lowest BCUT2D eigenvalue weighted by Gasteiger charge is -1.96. The second-order valence-corrected chi connectivity index (χ2v) is 2.69. The van der Waals surface area contributed by atoms with E-state index in [1.54, 1.807) is 5.21 Å². The van der Waals surface area contributed by atoms with Crippen LogP contribution in [0.15, 0.2) is 0 Å². The fourth-order valence-electron chi connectivity index (χ4n) is 0.818. The highest BCUT2D eigenvalue weighted by molar-refractivity contribution is 5.71. The van der Waals surface area contributed by atoms with Gasteiger partial charge in [-0.1, -0.05) is 0 Å². The van der Waals surface area contributed by atoms with E-state index in [9.17, 15) is 30.3 Å². The summed E-state index contributed by atoms with van der Waals surface area (Å²) in [4.78, 5) is 27.1. The summed E-state index contributed by atoms with van der Waals surface area (Å²) in [5.41, 5.74) is 8.01. The maximum atomic E-state index is 10.3. The number of rotatable bonds is 4. The summed E-state index contributed by atoms with van der Waals surface area (Å²) in [6.07, 6.45) is -2.50. The molecule has 0 fully saturated rings. The minimum Gasteiger partial charge on any atom is -0.370 e. The van der Waals surface area contributed by atoms with Gasteiger partial charge in [0.1, 0.15) is 9.85 Å². The zero-order valence-corrected chi connectivity index (χ0v) is 8.92. The van der Waals surface area contributed by atoms with Gasteiger partial charge in [0.25, 0.3) is 0 Å². The largest absolute Gasteiger partial charge is 0.503 e. The van der Waals surface area contributed by atoms with E-state index in [0.29, 0.717) is 0 Å². The van der Waals surface area contributed by atoms with Crippen molar-refractivity contribution in [3.05, 3.63) is 36.0 Å². The molecule has 104 valence electrons. The lowest BCUT2D eigenvalue weighted by atomic mass is 10.3. The molecule has 15 nitrogen and oxygen atoms in total. The van der Waals surface area contributed by atoms with Crippen molar-refractivity contribution in [3.63, 3.8) is 0 Å². The molecule has 0 unspecified atom stereocenters. The van der Waals surface area contributed by atoms with Crippen molar-refractivity contribution in [3.8, 4) is 0 Å². The Morgan fingerprint density at radius 1 is 1.16 bits per heavy atom. The van der Waals surface area contributed by atoms with Crippen molar-refractivity contribution >= 4 is 11.8 Å². The van der Waals surface area contributed by atoms with Crippen LogP contribution in [0, 0.1) is 35.8 Å². The molecule has 1 aromatic heterocycles. The number of nitrogens with one attached hydrogen (secondary N) is 2. The highest BCUT2D eigenvalue weighted by atomic mass is 16.7.